The van der Waals surface area contributed by atoms with Gasteiger partial charge in [-0.15, -0.1) is 0 Å². The van der Waals surface area contributed by atoms with E-state index >= 15 is 0 Å². The van der Waals surface area contributed by atoms with Crippen molar-refractivity contribution in [3.8, 4) is 11.8 Å². The third kappa shape index (κ3) is 2.94. The van der Waals surface area contributed by atoms with E-state index < -0.39 is 0 Å². The summed E-state index contributed by atoms with van der Waals surface area (Å²) in [6.07, 6.45) is 1.51. The van der Waals surface area contributed by atoms with Gasteiger partial charge in [-0.05, 0) is 13.1 Å². The van der Waals surface area contributed by atoms with Crippen LogP contribution in [0.2, 0.25) is 5.15 Å². The van der Waals surface area contributed by atoms with Gasteiger partial charge in [0.1, 0.15) is 5.15 Å². The highest BCUT2D eigenvalue weighted by Crippen LogP contribution is 2.13. The van der Waals surface area contributed by atoms with E-state index in [-0.39, 0.29) is 0 Å². The molecule has 0 unspecified atom stereocenters. The number of halogens is 1. The fraction of sp³-hybridized carbons (Fsp3) is 0.222. The lowest BCUT2D eigenvalue weighted by atomic mass is 10.2. The Hall–Kier alpha value is -1.24. The number of hydrogen-bond donors (Lipinski definition) is 2. The molecule has 3 N–H and O–H groups in total. The van der Waals surface area contributed by atoms with Crippen LogP contribution in [0.5, 0.6) is 0 Å². The molecule has 0 aliphatic carbocycles. The molecule has 1 aromatic heterocycles. The van der Waals surface area contributed by atoms with Crippen LogP contribution in [0.1, 0.15) is 5.56 Å². The van der Waals surface area contributed by atoms with Crippen molar-refractivity contribution in [2.45, 2.75) is 0 Å². The first-order valence-corrected chi connectivity index (χ1v) is 4.16. The van der Waals surface area contributed by atoms with Gasteiger partial charge in [0.2, 0.25) is 0 Å². The number of rotatable bonds is 1. The van der Waals surface area contributed by atoms with E-state index in [9.17, 15) is 0 Å². The van der Waals surface area contributed by atoms with Crippen molar-refractivity contribution in [2.75, 3.05) is 19.3 Å². The normalized spacial score (nSPS) is 9.08. The summed E-state index contributed by atoms with van der Waals surface area (Å²) in [6, 6.07) is 1.71. The molecule has 0 atom stereocenters. The van der Waals surface area contributed by atoms with Crippen molar-refractivity contribution in [1.82, 2.24) is 10.3 Å². The molecule has 3 nitrogen and oxygen atoms in total. The fourth-order valence-electron chi connectivity index (χ4n) is 0.780. The summed E-state index contributed by atoms with van der Waals surface area (Å²) < 4.78 is 0. The zero-order valence-electron chi connectivity index (χ0n) is 7.26. The minimum atomic E-state index is 0.387. The quantitative estimate of drug-likeness (QED) is 0.517. The van der Waals surface area contributed by atoms with Crippen molar-refractivity contribution < 1.29 is 0 Å². The Morgan fingerprint density at radius 2 is 2.46 bits per heavy atom. The second kappa shape index (κ2) is 4.70. The van der Waals surface area contributed by atoms with E-state index in [4.69, 9.17) is 17.3 Å². The topological polar surface area (TPSA) is 50.9 Å². The van der Waals surface area contributed by atoms with E-state index in [0.717, 1.165) is 0 Å². The van der Waals surface area contributed by atoms with Gasteiger partial charge < -0.3 is 11.1 Å². The molecule has 0 aromatic carbocycles. The lowest BCUT2D eigenvalue weighted by Gasteiger charge is -1.95. The summed E-state index contributed by atoms with van der Waals surface area (Å²) in [4.78, 5) is 3.87. The Kier molecular flexibility index (Phi) is 3.56. The lowest BCUT2D eigenvalue weighted by molar-refractivity contribution is 0.938. The zero-order chi connectivity index (χ0) is 9.68. The van der Waals surface area contributed by atoms with E-state index in [1.807, 2.05) is 7.05 Å². The van der Waals surface area contributed by atoms with Gasteiger partial charge in [-0.1, -0.05) is 23.4 Å². The maximum absolute atomic E-state index is 5.79. The molecule has 13 heavy (non-hydrogen) atoms. The molecule has 0 radical (unpaired) electrons. The van der Waals surface area contributed by atoms with Crippen LogP contribution >= 0.6 is 11.6 Å². The first-order valence-electron chi connectivity index (χ1n) is 3.78. The second-order valence-corrected chi connectivity index (χ2v) is 2.80. The molecule has 0 spiro atoms. The van der Waals surface area contributed by atoms with Gasteiger partial charge in [-0.25, -0.2) is 4.98 Å². The van der Waals surface area contributed by atoms with Gasteiger partial charge in [0, 0.05) is 0 Å². The van der Waals surface area contributed by atoms with Gasteiger partial charge in [0.25, 0.3) is 0 Å². The average Bonchev–Trinajstić information content (AvgIpc) is 2.11. The highest BCUT2D eigenvalue weighted by molar-refractivity contribution is 6.30. The molecule has 0 aliphatic heterocycles. The van der Waals surface area contributed by atoms with Crippen molar-refractivity contribution in [1.29, 1.82) is 0 Å². The number of pyridine rings is 1. The average molecular weight is 196 g/mol. The van der Waals surface area contributed by atoms with Gasteiger partial charge in [0.05, 0.1) is 24.0 Å². The van der Waals surface area contributed by atoms with Crippen LogP contribution in [-0.2, 0) is 0 Å². The summed E-state index contributed by atoms with van der Waals surface area (Å²) >= 11 is 5.79. The summed E-state index contributed by atoms with van der Waals surface area (Å²) in [6.45, 7) is 0.616. The highest BCUT2D eigenvalue weighted by atomic mass is 35.5. The molecule has 0 saturated carbocycles. The van der Waals surface area contributed by atoms with E-state index in [2.05, 4.69) is 22.1 Å². The summed E-state index contributed by atoms with van der Waals surface area (Å²) in [5.74, 6) is 5.75. The number of nitrogens with two attached hydrogens (primary N) is 1. The van der Waals surface area contributed by atoms with Crippen molar-refractivity contribution in [3.05, 3.63) is 23.0 Å². The third-order valence-electron chi connectivity index (χ3n) is 1.35. The molecule has 0 amide bonds. The number of aromatic nitrogens is 1. The van der Waals surface area contributed by atoms with E-state index in [1.165, 1.54) is 6.20 Å². The minimum absolute atomic E-state index is 0.387. The molecule has 1 heterocycles. The van der Waals surface area contributed by atoms with Crippen LogP contribution in [0.25, 0.3) is 0 Å². The molecule has 0 fully saturated rings. The fourth-order valence-corrected chi connectivity index (χ4v) is 0.930. The first-order chi connectivity index (χ1) is 6.24. The Labute approximate surface area is 82.3 Å². The Bertz CT molecular complexity index is 352. The van der Waals surface area contributed by atoms with Gasteiger partial charge in [-0.2, -0.15) is 0 Å². The van der Waals surface area contributed by atoms with Crippen LogP contribution in [0.4, 0.5) is 5.69 Å². The predicted molar refractivity (Wildman–Crippen MR) is 54.5 cm³/mol. The largest absolute Gasteiger partial charge is 0.397 e. The van der Waals surface area contributed by atoms with E-state index in [0.29, 0.717) is 22.9 Å². The second-order valence-electron chi connectivity index (χ2n) is 2.44. The summed E-state index contributed by atoms with van der Waals surface area (Å²) in [5, 5.41) is 3.29. The van der Waals surface area contributed by atoms with Gasteiger partial charge in [0.15, 0.2) is 0 Å². The molecule has 0 aliphatic rings. The number of nitrogen functional groups attached to an aromatic ring is 1. The molecule has 1 rings (SSSR count). The van der Waals surface area contributed by atoms with Crippen LogP contribution in [-0.4, -0.2) is 18.6 Å². The lowest BCUT2D eigenvalue weighted by Crippen LogP contribution is -2.04. The number of hydrogen-bond acceptors (Lipinski definition) is 3. The monoisotopic (exact) mass is 195 g/mol. The first kappa shape index (κ1) is 9.85. The Morgan fingerprint density at radius 3 is 3.15 bits per heavy atom. The molecular formula is C9H10ClN3. The minimum Gasteiger partial charge on any atom is -0.397 e. The maximum Gasteiger partial charge on any atom is 0.144 e. The van der Waals surface area contributed by atoms with E-state index in [1.54, 1.807) is 6.07 Å². The van der Waals surface area contributed by atoms with Crippen molar-refractivity contribution >= 4 is 17.3 Å². The Balaban J connectivity index is 2.89. The van der Waals surface area contributed by atoms with Crippen LogP contribution in [0, 0.1) is 11.8 Å². The third-order valence-corrected chi connectivity index (χ3v) is 1.65. The van der Waals surface area contributed by atoms with Crippen molar-refractivity contribution in [3.63, 3.8) is 0 Å². The molecular weight excluding hydrogens is 186 g/mol. The standard InChI is InChI=1S/C9H10ClN3/c1-12-4-2-3-7-5-8(11)6-13-9(7)10/h5-6,12H,4,11H2,1H3. The van der Waals surface area contributed by atoms with Crippen LogP contribution < -0.4 is 11.1 Å². The smallest absolute Gasteiger partial charge is 0.144 e. The van der Waals surface area contributed by atoms with Crippen molar-refractivity contribution in [2.24, 2.45) is 0 Å². The summed E-state index contributed by atoms with van der Waals surface area (Å²) in [5.41, 5.74) is 6.76. The Morgan fingerprint density at radius 1 is 1.69 bits per heavy atom. The predicted octanol–water partition coefficient (Wildman–Crippen LogP) is 0.888. The zero-order valence-corrected chi connectivity index (χ0v) is 8.02. The number of nitrogens with one attached hydrogen (secondary N) is 1. The summed E-state index contributed by atoms with van der Waals surface area (Å²) in [7, 11) is 1.83. The van der Waals surface area contributed by atoms with Gasteiger partial charge in [-0.3, -0.25) is 0 Å². The van der Waals surface area contributed by atoms with Crippen LogP contribution in [0.15, 0.2) is 12.3 Å². The number of anilines is 1. The van der Waals surface area contributed by atoms with Gasteiger partial charge >= 0.3 is 0 Å². The van der Waals surface area contributed by atoms with Crippen LogP contribution in [0.3, 0.4) is 0 Å². The molecule has 4 heteroatoms. The maximum atomic E-state index is 5.79. The molecule has 1 aromatic rings. The number of nitrogens with zero attached hydrogens (tertiary/aromatic N) is 1. The molecule has 68 valence electrons. The molecule has 0 saturated heterocycles. The SMILES string of the molecule is CNCC#Cc1cc(N)cnc1Cl. The molecule has 0 bridgehead atoms. The highest BCUT2D eigenvalue weighted by Gasteiger charge is 1.97.